The van der Waals surface area contributed by atoms with Crippen LogP contribution in [0.2, 0.25) is 0 Å². The van der Waals surface area contributed by atoms with Gasteiger partial charge in [0.2, 0.25) is 0 Å². The Hall–Kier alpha value is -2.46. The van der Waals surface area contributed by atoms with E-state index in [1.165, 1.54) is 0 Å². The number of halogens is 4. The zero-order valence-corrected chi connectivity index (χ0v) is 16.6. The SMILES string of the molecule is O=C(NC[C@@H]1CCCO1)c1nn2c(C(F)(F)F)cc(-c3ccccc3)nc2c1Br. The number of nitrogens with one attached hydrogen (secondary N) is 1. The van der Waals surface area contributed by atoms with Crippen LogP contribution in [0, 0.1) is 0 Å². The topological polar surface area (TPSA) is 68.5 Å². The van der Waals surface area contributed by atoms with Crippen LogP contribution in [0.1, 0.15) is 29.0 Å². The van der Waals surface area contributed by atoms with E-state index < -0.39 is 17.8 Å². The molecular formula is C19H16BrF3N4O2. The van der Waals surface area contributed by atoms with Crippen LogP contribution in [-0.4, -0.2) is 39.8 Å². The molecule has 0 aliphatic carbocycles. The van der Waals surface area contributed by atoms with Crippen molar-refractivity contribution in [2.45, 2.75) is 25.1 Å². The molecule has 3 heterocycles. The zero-order valence-electron chi connectivity index (χ0n) is 15.0. The summed E-state index contributed by atoms with van der Waals surface area (Å²) in [4.78, 5) is 16.8. The molecule has 1 aromatic carbocycles. The van der Waals surface area contributed by atoms with Crippen molar-refractivity contribution in [3.63, 3.8) is 0 Å². The van der Waals surface area contributed by atoms with E-state index in [2.05, 4.69) is 31.3 Å². The van der Waals surface area contributed by atoms with Gasteiger partial charge in [-0.25, -0.2) is 9.50 Å². The summed E-state index contributed by atoms with van der Waals surface area (Å²) in [5.41, 5.74) is -0.595. The van der Waals surface area contributed by atoms with Crippen LogP contribution in [0.4, 0.5) is 13.2 Å². The van der Waals surface area contributed by atoms with Crippen molar-refractivity contribution in [3.8, 4) is 11.3 Å². The molecule has 1 aliphatic rings. The van der Waals surface area contributed by atoms with Gasteiger partial charge in [0, 0.05) is 18.7 Å². The largest absolute Gasteiger partial charge is 0.433 e. The number of fused-ring (bicyclic) bond motifs is 1. The highest BCUT2D eigenvalue weighted by molar-refractivity contribution is 9.10. The van der Waals surface area contributed by atoms with E-state index in [1.54, 1.807) is 30.3 Å². The first-order valence-electron chi connectivity index (χ1n) is 8.96. The van der Waals surface area contributed by atoms with Crippen LogP contribution in [-0.2, 0) is 10.9 Å². The minimum absolute atomic E-state index is 0.0825. The molecule has 1 N–H and O–H groups in total. The van der Waals surface area contributed by atoms with Crippen LogP contribution < -0.4 is 5.32 Å². The first kappa shape index (κ1) is 19.8. The van der Waals surface area contributed by atoms with Crippen LogP contribution in [0.15, 0.2) is 40.9 Å². The van der Waals surface area contributed by atoms with Gasteiger partial charge in [-0.15, -0.1) is 0 Å². The molecule has 4 rings (SSSR count). The van der Waals surface area contributed by atoms with Gasteiger partial charge in [-0.2, -0.15) is 18.3 Å². The lowest BCUT2D eigenvalue weighted by Crippen LogP contribution is -2.32. The minimum atomic E-state index is -4.68. The zero-order chi connectivity index (χ0) is 20.6. The van der Waals surface area contributed by atoms with Gasteiger partial charge in [-0.3, -0.25) is 4.79 Å². The van der Waals surface area contributed by atoms with Crippen molar-refractivity contribution in [3.05, 3.63) is 52.3 Å². The summed E-state index contributed by atoms with van der Waals surface area (Å²) in [5.74, 6) is -0.590. The third-order valence-corrected chi connectivity index (χ3v) is 5.35. The van der Waals surface area contributed by atoms with Crippen molar-refractivity contribution in [2.75, 3.05) is 13.2 Å². The quantitative estimate of drug-likeness (QED) is 0.626. The fraction of sp³-hybridized carbons (Fsp3) is 0.316. The second-order valence-corrected chi connectivity index (χ2v) is 7.43. The highest BCUT2D eigenvalue weighted by Gasteiger charge is 2.36. The molecule has 0 saturated carbocycles. The molecule has 29 heavy (non-hydrogen) atoms. The number of aromatic nitrogens is 3. The lowest BCUT2D eigenvalue weighted by molar-refractivity contribution is -0.142. The standard InChI is InChI=1S/C19H16BrF3N4O2/c20-15-16(18(28)24-10-12-7-4-8-29-12)26-27-14(19(21,22)23)9-13(25-17(15)27)11-5-2-1-3-6-11/h1-3,5-6,9,12H,4,7-8,10H2,(H,24,28)/t12-/m0/s1. The molecule has 3 aromatic rings. The van der Waals surface area contributed by atoms with Crippen molar-refractivity contribution in [2.24, 2.45) is 0 Å². The molecule has 0 bridgehead atoms. The van der Waals surface area contributed by atoms with Crippen LogP contribution >= 0.6 is 15.9 Å². The first-order chi connectivity index (χ1) is 13.8. The second-order valence-electron chi connectivity index (χ2n) is 6.63. The Balaban J connectivity index is 1.76. The molecule has 0 radical (unpaired) electrons. The monoisotopic (exact) mass is 468 g/mol. The highest BCUT2D eigenvalue weighted by Crippen LogP contribution is 2.34. The van der Waals surface area contributed by atoms with Crippen molar-refractivity contribution < 1.29 is 22.7 Å². The smallest absolute Gasteiger partial charge is 0.376 e. The normalized spacial score (nSPS) is 17.0. The average Bonchev–Trinajstić information content (AvgIpc) is 3.33. The predicted molar refractivity (Wildman–Crippen MR) is 102 cm³/mol. The Labute approximate surface area is 172 Å². The molecule has 1 atom stereocenters. The maximum absolute atomic E-state index is 13.7. The Morgan fingerprint density at radius 1 is 1.31 bits per heavy atom. The molecule has 10 heteroatoms. The molecule has 1 saturated heterocycles. The number of alkyl halides is 3. The third kappa shape index (κ3) is 3.99. The van der Waals surface area contributed by atoms with Gasteiger partial charge >= 0.3 is 6.18 Å². The van der Waals surface area contributed by atoms with Crippen molar-refractivity contribution >= 4 is 27.5 Å². The minimum Gasteiger partial charge on any atom is -0.376 e. The number of rotatable bonds is 4. The molecule has 1 amide bonds. The molecule has 6 nitrogen and oxygen atoms in total. The Morgan fingerprint density at radius 2 is 2.07 bits per heavy atom. The maximum Gasteiger partial charge on any atom is 0.433 e. The summed E-state index contributed by atoms with van der Waals surface area (Å²) in [6.45, 7) is 0.910. The van der Waals surface area contributed by atoms with Gasteiger partial charge in [0.05, 0.1) is 16.3 Å². The van der Waals surface area contributed by atoms with Gasteiger partial charge in [-0.1, -0.05) is 30.3 Å². The summed E-state index contributed by atoms with van der Waals surface area (Å²) in [5, 5.41) is 6.56. The number of nitrogens with zero attached hydrogens (tertiary/aromatic N) is 3. The Bertz CT molecular complexity index is 1050. The number of ether oxygens (including phenoxy) is 1. The fourth-order valence-corrected chi connectivity index (χ4v) is 3.71. The van der Waals surface area contributed by atoms with Gasteiger partial charge in [0.15, 0.2) is 17.0 Å². The van der Waals surface area contributed by atoms with E-state index >= 15 is 0 Å². The number of hydrogen-bond acceptors (Lipinski definition) is 4. The molecule has 2 aromatic heterocycles. The van der Waals surface area contributed by atoms with Crippen molar-refractivity contribution in [1.29, 1.82) is 0 Å². The summed E-state index contributed by atoms with van der Waals surface area (Å²) in [6, 6.07) is 9.44. The van der Waals surface area contributed by atoms with E-state index in [0.717, 1.165) is 18.9 Å². The Kier molecular flexibility index (Phi) is 5.30. The fourth-order valence-electron chi connectivity index (χ4n) is 3.19. The van der Waals surface area contributed by atoms with Crippen LogP contribution in [0.3, 0.4) is 0 Å². The third-order valence-electron chi connectivity index (χ3n) is 4.62. The number of carbonyl (C=O) groups is 1. The first-order valence-corrected chi connectivity index (χ1v) is 9.75. The molecule has 1 aliphatic heterocycles. The summed E-state index contributed by atoms with van der Waals surface area (Å²) < 4.78 is 47.3. The number of hydrogen-bond donors (Lipinski definition) is 1. The summed E-state index contributed by atoms with van der Waals surface area (Å²) in [6.07, 6.45) is -3.03. The van der Waals surface area contributed by atoms with Crippen molar-refractivity contribution in [1.82, 2.24) is 19.9 Å². The van der Waals surface area contributed by atoms with Gasteiger partial charge in [-0.05, 0) is 34.8 Å². The molecule has 0 spiro atoms. The number of carbonyl (C=O) groups excluding carboxylic acids is 1. The average molecular weight is 469 g/mol. The molecule has 152 valence electrons. The van der Waals surface area contributed by atoms with Gasteiger partial charge in [0.1, 0.15) is 0 Å². The van der Waals surface area contributed by atoms with Gasteiger partial charge in [0.25, 0.3) is 5.91 Å². The highest BCUT2D eigenvalue weighted by atomic mass is 79.9. The molecule has 1 fully saturated rings. The van der Waals surface area contributed by atoms with Gasteiger partial charge < -0.3 is 10.1 Å². The lowest BCUT2D eigenvalue weighted by Gasteiger charge is -2.11. The number of amides is 1. The predicted octanol–water partition coefficient (Wildman–Crippen LogP) is 4.09. The summed E-state index contributed by atoms with van der Waals surface area (Å²) in [7, 11) is 0. The Morgan fingerprint density at radius 3 is 2.72 bits per heavy atom. The van der Waals surface area contributed by atoms with Crippen LogP contribution in [0.25, 0.3) is 16.9 Å². The summed E-state index contributed by atoms with van der Waals surface area (Å²) >= 11 is 3.21. The molecular weight excluding hydrogens is 453 g/mol. The van der Waals surface area contributed by atoms with Crippen LogP contribution in [0.5, 0.6) is 0 Å². The van der Waals surface area contributed by atoms with E-state index in [4.69, 9.17) is 4.74 Å². The van der Waals surface area contributed by atoms with E-state index in [1.807, 2.05) is 0 Å². The number of benzene rings is 1. The lowest BCUT2D eigenvalue weighted by atomic mass is 10.1. The van der Waals surface area contributed by atoms with E-state index in [-0.39, 0.29) is 34.2 Å². The second kappa shape index (κ2) is 7.75. The van der Waals surface area contributed by atoms with E-state index in [9.17, 15) is 18.0 Å². The van der Waals surface area contributed by atoms with E-state index in [0.29, 0.717) is 16.7 Å². The maximum atomic E-state index is 13.7. The molecule has 0 unspecified atom stereocenters.